The Hall–Kier alpha value is -3.36. The van der Waals surface area contributed by atoms with E-state index in [0.717, 1.165) is 30.8 Å². The summed E-state index contributed by atoms with van der Waals surface area (Å²) in [6.45, 7) is 10.4. The smallest absolute Gasteiger partial charge is 0.295 e. The summed E-state index contributed by atoms with van der Waals surface area (Å²) in [5, 5.41) is 11.5. The molecule has 4 rings (SSSR count). The Kier molecular flexibility index (Phi) is 8.51. The molecular weight excluding hydrogens is 472 g/mol. The van der Waals surface area contributed by atoms with Crippen LogP contribution in [0.1, 0.15) is 41.6 Å². The number of ether oxygens (including phenoxy) is 3. The van der Waals surface area contributed by atoms with E-state index in [2.05, 4.69) is 4.90 Å². The van der Waals surface area contributed by atoms with Gasteiger partial charge in [0.15, 0.2) is 11.5 Å². The van der Waals surface area contributed by atoms with Crippen LogP contribution in [0.2, 0.25) is 0 Å². The fourth-order valence-corrected chi connectivity index (χ4v) is 5.01. The predicted molar refractivity (Wildman–Crippen MR) is 141 cm³/mol. The second kappa shape index (κ2) is 11.8. The summed E-state index contributed by atoms with van der Waals surface area (Å²) in [5.41, 5.74) is 3.10. The average Bonchev–Trinajstić information content (AvgIpc) is 3.15. The number of hydrogen-bond acceptors (Lipinski definition) is 7. The lowest BCUT2D eigenvalue weighted by molar-refractivity contribution is -0.140. The van der Waals surface area contributed by atoms with Gasteiger partial charge in [-0.2, -0.15) is 0 Å². The van der Waals surface area contributed by atoms with Gasteiger partial charge >= 0.3 is 0 Å². The molecule has 37 heavy (non-hydrogen) atoms. The molecule has 2 aromatic carbocycles. The first-order valence-electron chi connectivity index (χ1n) is 12.8. The Morgan fingerprint density at radius 1 is 1.05 bits per heavy atom. The van der Waals surface area contributed by atoms with Gasteiger partial charge in [-0.15, -0.1) is 0 Å². The van der Waals surface area contributed by atoms with Crippen LogP contribution < -0.4 is 9.47 Å². The molecule has 2 aromatic rings. The summed E-state index contributed by atoms with van der Waals surface area (Å²) in [6, 6.07) is 10.3. The molecule has 2 fully saturated rings. The summed E-state index contributed by atoms with van der Waals surface area (Å²) in [7, 11) is 1.55. The molecule has 0 aromatic heterocycles. The van der Waals surface area contributed by atoms with Gasteiger partial charge in [0, 0.05) is 31.7 Å². The van der Waals surface area contributed by atoms with E-state index in [1.807, 2.05) is 45.0 Å². The first-order chi connectivity index (χ1) is 17.8. The third kappa shape index (κ3) is 5.65. The molecule has 1 amide bonds. The van der Waals surface area contributed by atoms with Crippen LogP contribution in [0.3, 0.4) is 0 Å². The molecule has 1 unspecified atom stereocenters. The second-order valence-corrected chi connectivity index (χ2v) is 9.46. The lowest BCUT2D eigenvalue weighted by Crippen LogP contribution is -2.39. The third-order valence-electron chi connectivity index (χ3n) is 6.97. The van der Waals surface area contributed by atoms with E-state index >= 15 is 0 Å². The van der Waals surface area contributed by atoms with Gasteiger partial charge in [0.25, 0.3) is 11.7 Å². The number of Topliss-reactive ketones (excluding diaryl/α,β-unsaturated/α-hetero) is 1. The van der Waals surface area contributed by atoms with Crippen molar-refractivity contribution in [2.24, 2.45) is 0 Å². The highest BCUT2D eigenvalue weighted by atomic mass is 16.5. The number of morpholine rings is 1. The highest BCUT2D eigenvalue weighted by Crippen LogP contribution is 2.42. The van der Waals surface area contributed by atoms with E-state index in [1.165, 1.54) is 0 Å². The number of carbonyl (C=O) groups is 2. The standard InChI is InChI=1S/C29H36N2O6/c1-5-37-23-10-9-21(18-24(23)35-4)26-25(27(32)22-17-19(2)7-8-20(22)3)28(33)29(34)31(26)12-6-11-30-13-15-36-16-14-30/h7-10,17-18,26,32H,5-6,11-16H2,1-4H3. The van der Waals surface area contributed by atoms with Crippen molar-refractivity contribution in [2.75, 3.05) is 53.1 Å². The maximum Gasteiger partial charge on any atom is 0.295 e. The quantitative estimate of drug-likeness (QED) is 0.313. The molecule has 2 aliphatic heterocycles. The van der Waals surface area contributed by atoms with Gasteiger partial charge in [-0.25, -0.2) is 0 Å². The number of aliphatic hydroxyl groups excluding tert-OH is 1. The first kappa shape index (κ1) is 26.7. The normalized spacial score (nSPS) is 19.9. The molecule has 0 aliphatic carbocycles. The van der Waals surface area contributed by atoms with Crippen LogP contribution >= 0.6 is 0 Å². The molecule has 8 heteroatoms. The molecular formula is C29H36N2O6. The minimum Gasteiger partial charge on any atom is -0.507 e. The molecule has 8 nitrogen and oxygen atoms in total. The van der Waals surface area contributed by atoms with Crippen LogP contribution in [0.5, 0.6) is 11.5 Å². The average molecular weight is 509 g/mol. The first-order valence-corrected chi connectivity index (χ1v) is 12.8. The number of aliphatic hydroxyl groups is 1. The Morgan fingerprint density at radius 3 is 2.51 bits per heavy atom. The number of hydrogen-bond donors (Lipinski definition) is 1. The van der Waals surface area contributed by atoms with Gasteiger partial charge < -0.3 is 24.2 Å². The largest absolute Gasteiger partial charge is 0.507 e. The molecule has 2 heterocycles. The van der Waals surface area contributed by atoms with E-state index in [1.54, 1.807) is 24.1 Å². The van der Waals surface area contributed by atoms with Crippen molar-refractivity contribution >= 4 is 17.4 Å². The van der Waals surface area contributed by atoms with Crippen LogP contribution in [0.4, 0.5) is 0 Å². The molecule has 198 valence electrons. The summed E-state index contributed by atoms with van der Waals surface area (Å²) in [4.78, 5) is 30.6. The van der Waals surface area contributed by atoms with Crippen molar-refractivity contribution < 1.29 is 28.9 Å². The van der Waals surface area contributed by atoms with Crippen molar-refractivity contribution in [1.82, 2.24) is 9.80 Å². The number of ketones is 1. The third-order valence-corrected chi connectivity index (χ3v) is 6.97. The molecule has 1 N–H and O–H groups in total. The van der Waals surface area contributed by atoms with Crippen LogP contribution in [0.15, 0.2) is 42.0 Å². The van der Waals surface area contributed by atoms with Crippen molar-refractivity contribution in [3.05, 3.63) is 64.2 Å². The highest BCUT2D eigenvalue weighted by Gasteiger charge is 2.46. The highest BCUT2D eigenvalue weighted by molar-refractivity contribution is 6.46. The van der Waals surface area contributed by atoms with Gasteiger partial charge in [-0.3, -0.25) is 14.5 Å². The zero-order chi connectivity index (χ0) is 26.5. The van der Waals surface area contributed by atoms with Crippen molar-refractivity contribution in [1.29, 1.82) is 0 Å². The summed E-state index contributed by atoms with van der Waals surface area (Å²) < 4.78 is 16.6. The number of benzene rings is 2. The number of likely N-dealkylation sites (tertiary alicyclic amines) is 1. The number of carbonyl (C=O) groups excluding carboxylic acids is 2. The zero-order valence-corrected chi connectivity index (χ0v) is 22.1. The van der Waals surface area contributed by atoms with Crippen LogP contribution in [0.25, 0.3) is 5.76 Å². The molecule has 2 saturated heterocycles. The SMILES string of the molecule is CCOc1ccc(C2C(=C(O)c3cc(C)ccc3C)C(=O)C(=O)N2CCCN2CCOCC2)cc1OC. The predicted octanol–water partition coefficient (Wildman–Crippen LogP) is 3.85. The van der Waals surface area contributed by atoms with Crippen molar-refractivity contribution in [2.45, 2.75) is 33.2 Å². The summed E-state index contributed by atoms with van der Waals surface area (Å²) in [6.07, 6.45) is 0.696. The molecule has 1 atom stereocenters. The van der Waals surface area contributed by atoms with Gasteiger partial charge in [0.05, 0.1) is 38.5 Å². The summed E-state index contributed by atoms with van der Waals surface area (Å²) >= 11 is 0. The number of aryl methyl sites for hydroxylation is 2. The lowest BCUT2D eigenvalue weighted by atomic mass is 9.93. The van der Waals surface area contributed by atoms with Crippen LogP contribution in [-0.4, -0.2) is 79.7 Å². The molecule has 2 aliphatic rings. The minimum absolute atomic E-state index is 0.0938. The number of nitrogens with zero attached hydrogens (tertiary/aromatic N) is 2. The molecule has 0 spiro atoms. The van der Waals surface area contributed by atoms with E-state index in [-0.39, 0.29) is 11.3 Å². The van der Waals surface area contributed by atoms with E-state index in [0.29, 0.717) is 55.4 Å². The van der Waals surface area contributed by atoms with E-state index in [4.69, 9.17) is 14.2 Å². The van der Waals surface area contributed by atoms with Gasteiger partial charge in [-0.1, -0.05) is 23.8 Å². The fraction of sp³-hybridized carbons (Fsp3) is 0.448. The second-order valence-electron chi connectivity index (χ2n) is 9.46. The Balaban J connectivity index is 1.75. The Bertz CT molecular complexity index is 1180. The maximum absolute atomic E-state index is 13.4. The topological polar surface area (TPSA) is 88.5 Å². The van der Waals surface area contributed by atoms with Crippen LogP contribution in [-0.2, 0) is 14.3 Å². The van der Waals surface area contributed by atoms with Gasteiger partial charge in [0.1, 0.15) is 5.76 Å². The van der Waals surface area contributed by atoms with E-state index in [9.17, 15) is 14.7 Å². The Labute approximate surface area is 218 Å². The van der Waals surface area contributed by atoms with Gasteiger partial charge in [-0.05, 0) is 56.5 Å². The number of methoxy groups -OCH3 is 1. The fourth-order valence-electron chi connectivity index (χ4n) is 5.01. The van der Waals surface area contributed by atoms with Crippen LogP contribution in [0, 0.1) is 13.8 Å². The van der Waals surface area contributed by atoms with Gasteiger partial charge in [0.2, 0.25) is 0 Å². The van der Waals surface area contributed by atoms with E-state index < -0.39 is 17.7 Å². The molecule has 0 bridgehead atoms. The summed E-state index contributed by atoms with van der Waals surface area (Å²) in [5.74, 6) is -0.361. The minimum atomic E-state index is -0.742. The Morgan fingerprint density at radius 2 is 1.81 bits per heavy atom. The maximum atomic E-state index is 13.4. The zero-order valence-electron chi connectivity index (χ0n) is 22.1. The number of amides is 1. The lowest BCUT2D eigenvalue weighted by Gasteiger charge is -2.29. The van der Waals surface area contributed by atoms with Crippen molar-refractivity contribution in [3.8, 4) is 11.5 Å². The monoisotopic (exact) mass is 508 g/mol. The molecule has 0 radical (unpaired) electrons. The number of rotatable bonds is 9. The van der Waals surface area contributed by atoms with Crippen molar-refractivity contribution in [3.63, 3.8) is 0 Å². The molecule has 0 saturated carbocycles.